The van der Waals surface area contributed by atoms with Gasteiger partial charge in [0, 0.05) is 11.3 Å². The monoisotopic (exact) mass is 287 g/mol. The van der Waals surface area contributed by atoms with Gasteiger partial charge in [-0.25, -0.2) is 0 Å². The van der Waals surface area contributed by atoms with E-state index in [0.717, 1.165) is 6.42 Å². The second-order valence-electron chi connectivity index (χ2n) is 6.54. The Bertz CT molecular complexity index is 351. The summed E-state index contributed by atoms with van der Waals surface area (Å²) >= 11 is 0. The lowest BCUT2D eigenvalue weighted by Gasteiger charge is -2.40. The number of rotatable bonds is 5. The number of aliphatic hydroxyl groups excluding tert-OH is 1. The summed E-state index contributed by atoms with van der Waals surface area (Å²) in [5.74, 6) is 0. The van der Waals surface area contributed by atoms with E-state index in [1.54, 1.807) is 0 Å². The van der Waals surface area contributed by atoms with Crippen molar-refractivity contribution in [3.05, 3.63) is 10.4 Å². The van der Waals surface area contributed by atoms with E-state index < -0.39 is 14.6 Å². The van der Waals surface area contributed by atoms with Crippen LogP contribution in [0.25, 0.3) is 10.4 Å². The van der Waals surface area contributed by atoms with Crippen LogP contribution < -0.4 is 0 Å². The summed E-state index contributed by atoms with van der Waals surface area (Å²) in [6.45, 7) is 11.0. The molecular formula is C12H25N3O3Si. The third kappa shape index (κ3) is 4.47. The van der Waals surface area contributed by atoms with Crippen LogP contribution in [0.1, 0.15) is 33.6 Å². The number of aliphatic hydroxyl groups is 1. The molecule has 0 unspecified atom stereocenters. The van der Waals surface area contributed by atoms with Crippen molar-refractivity contribution < 1.29 is 14.3 Å². The van der Waals surface area contributed by atoms with Gasteiger partial charge in [-0.1, -0.05) is 25.9 Å². The molecule has 3 atom stereocenters. The Labute approximate surface area is 115 Å². The van der Waals surface area contributed by atoms with Gasteiger partial charge in [-0.2, -0.15) is 0 Å². The highest BCUT2D eigenvalue weighted by Crippen LogP contribution is 2.38. The van der Waals surface area contributed by atoms with Crippen LogP contribution in [0.4, 0.5) is 0 Å². The summed E-state index contributed by atoms with van der Waals surface area (Å²) in [6.07, 6.45) is 0.171. The van der Waals surface area contributed by atoms with Crippen molar-refractivity contribution >= 4 is 8.32 Å². The molecule has 0 spiro atoms. The predicted molar refractivity (Wildman–Crippen MR) is 76.2 cm³/mol. The van der Waals surface area contributed by atoms with Crippen LogP contribution in [-0.2, 0) is 9.16 Å². The van der Waals surface area contributed by atoms with E-state index in [1.165, 1.54) is 0 Å². The largest absolute Gasteiger partial charge is 0.411 e. The molecule has 0 aromatic heterocycles. The lowest BCUT2D eigenvalue weighted by Crippen LogP contribution is -2.48. The first-order valence-corrected chi connectivity index (χ1v) is 9.60. The summed E-state index contributed by atoms with van der Waals surface area (Å²) in [5, 5.41) is 13.2. The van der Waals surface area contributed by atoms with Gasteiger partial charge in [0.05, 0.1) is 18.8 Å². The minimum absolute atomic E-state index is 0.0822. The number of nitrogens with zero attached hydrogens (tertiary/aromatic N) is 3. The molecule has 110 valence electrons. The molecule has 0 aliphatic carbocycles. The predicted octanol–water partition coefficient (Wildman–Crippen LogP) is 3.18. The Morgan fingerprint density at radius 3 is 2.53 bits per heavy atom. The normalized spacial score (nSPS) is 26.0. The molecule has 1 N–H and O–H groups in total. The lowest BCUT2D eigenvalue weighted by molar-refractivity contribution is -0.116. The molecule has 0 saturated carbocycles. The molecular weight excluding hydrogens is 262 g/mol. The average Bonchev–Trinajstić information content (AvgIpc) is 2.69. The third-order valence-corrected chi connectivity index (χ3v) is 8.53. The van der Waals surface area contributed by atoms with Gasteiger partial charge in [0.25, 0.3) is 0 Å². The maximum absolute atomic E-state index is 9.46. The number of hydrogen-bond donors (Lipinski definition) is 1. The summed E-state index contributed by atoms with van der Waals surface area (Å²) in [5.41, 5.74) is 8.49. The molecule has 1 aliphatic rings. The van der Waals surface area contributed by atoms with Crippen LogP contribution in [-0.4, -0.2) is 38.5 Å². The maximum Gasteiger partial charge on any atom is 0.192 e. The van der Waals surface area contributed by atoms with Crippen molar-refractivity contribution in [3.8, 4) is 0 Å². The van der Waals surface area contributed by atoms with Crippen molar-refractivity contribution in [1.82, 2.24) is 0 Å². The third-order valence-electron chi connectivity index (χ3n) is 4.02. The average molecular weight is 287 g/mol. The Balaban J connectivity index is 2.77. The molecule has 1 rings (SSSR count). The minimum Gasteiger partial charge on any atom is -0.411 e. The van der Waals surface area contributed by atoms with Crippen molar-refractivity contribution in [1.29, 1.82) is 0 Å². The molecule has 6 nitrogen and oxygen atoms in total. The zero-order valence-electron chi connectivity index (χ0n) is 12.5. The first kappa shape index (κ1) is 16.5. The molecule has 0 bridgehead atoms. The van der Waals surface area contributed by atoms with Gasteiger partial charge in [-0.05, 0) is 30.1 Å². The molecule has 19 heavy (non-hydrogen) atoms. The SMILES string of the molecule is CC(C)(C)[Si](C)(C)O[C@@H](CN=[N+]=[N-])[C@@H]1CC[C@H](O)O1. The second-order valence-corrected chi connectivity index (χ2v) is 11.3. The molecule has 0 aromatic carbocycles. The van der Waals surface area contributed by atoms with Crippen LogP contribution in [0.3, 0.4) is 0 Å². The highest BCUT2D eigenvalue weighted by molar-refractivity contribution is 6.74. The molecule has 0 radical (unpaired) electrons. The molecule has 0 amide bonds. The van der Waals surface area contributed by atoms with Gasteiger partial charge < -0.3 is 14.3 Å². The zero-order chi connectivity index (χ0) is 14.7. The van der Waals surface area contributed by atoms with E-state index in [0.29, 0.717) is 6.42 Å². The van der Waals surface area contributed by atoms with Gasteiger partial charge in [-0.3, -0.25) is 0 Å². The molecule has 1 fully saturated rings. The van der Waals surface area contributed by atoms with E-state index in [2.05, 4.69) is 43.9 Å². The van der Waals surface area contributed by atoms with E-state index in [4.69, 9.17) is 14.7 Å². The van der Waals surface area contributed by atoms with Gasteiger partial charge in [0.1, 0.15) is 0 Å². The Hall–Kier alpha value is -0.593. The van der Waals surface area contributed by atoms with Crippen LogP contribution >= 0.6 is 0 Å². The molecule has 7 heteroatoms. The van der Waals surface area contributed by atoms with Crippen LogP contribution in [0.2, 0.25) is 18.1 Å². The molecule has 1 saturated heterocycles. The van der Waals surface area contributed by atoms with Gasteiger partial charge in [0.15, 0.2) is 14.6 Å². The smallest absolute Gasteiger partial charge is 0.192 e. The van der Waals surface area contributed by atoms with Crippen molar-refractivity contribution in [2.75, 3.05) is 6.54 Å². The Morgan fingerprint density at radius 1 is 1.47 bits per heavy atom. The van der Waals surface area contributed by atoms with Crippen molar-refractivity contribution in [2.24, 2.45) is 5.11 Å². The maximum atomic E-state index is 9.46. The first-order valence-electron chi connectivity index (χ1n) is 6.69. The van der Waals surface area contributed by atoms with Crippen molar-refractivity contribution in [3.63, 3.8) is 0 Å². The van der Waals surface area contributed by atoms with E-state index >= 15 is 0 Å². The summed E-state index contributed by atoms with van der Waals surface area (Å²) in [7, 11) is -1.95. The van der Waals surface area contributed by atoms with E-state index in [9.17, 15) is 5.11 Å². The van der Waals surface area contributed by atoms with Crippen LogP contribution in [0.15, 0.2) is 5.11 Å². The van der Waals surface area contributed by atoms with Crippen molar-refractivity contribution in [2.45, 2.75) is 70.2 Å². The standard InChI is InChI=1S/C12H25N3O3Si/c1-12(2,3)19(4,5)18-10(8-14-15-13)9-6-7-11(16)17-9/h9-11,16H,6-8H2,1-5H3/t9-,10-,11+/m0/s1. The summed E-state index contributed by atoms with van der Waals surface area (Å²) in [6, 6.07) is 0. The second kappa shape index (κ2) is 6.24. The zero-order valence-corrected chi connectivity index (χ0v) is 13.5. The number of azide groups is 1. The van der Waals surface area contributed by atoms with E-state index in [-0.39, 0.29) is 23.8 Å². The first-order chi connectivity index (χ1) is 8.67. The lowest BCUT2D eigenvalue weighted by atomic mass is 10.1. The Kier molecular flexibility index (Phi) is 5.40. The fourth-order valence-corrected chi connectivity index (χ4v) is 3.16. The highest BCUT2D eigenvalue weighted by atomic mass is 28.4. The summed E-state index contributed by atoms with van der Waals surface area (Å²) < 4.78 is 11.7. The summed E-state index contributed by atoms with van der Waals surface area (Å²) in [4.78, 5) is 2.80. The fraction of sp³-hybridized carbons (Fsp3) is 1.00. The van der Waals surface area contributed by atoms with Gasteiger partial charge >= 0.3 is 0 Å². The van der Waals surface area contributed by atoms with Crippen LogP contribution in [0, 0.1) is 0 Å². The highest BCUT2D eigenvalue weighted by Gasteiger charge is 2.42. The molecule has 0 aromatic rings. The van der Waals surface area contributed by atoms with Gasteiger partial charge in [-0.15, -0.1) is 0 Å². The quantitative estimate of drug-likeness (QED) is 0.364. The molecule has 1 aliphatic heterocycles. The number of hydrogen-bond acceptors (Lipinski definition) is 4. The fourth-order valence-electron chi connectivity index (χ4n) is 1.82. The Morgan fingerprint density at radius 2 is 2.11 bits per heavy atom. The number of ether oxygens (including phenoxy) is 1. The topological polar surface area (TPSA) is 87.5 Å². The van der Waals surface area contributed by atoms with Gasteiger partial charge in [0.2, 0.25) is 0 Å². The van der Waals surface area contributed by atoms with E-state index in [1.807, 2.05) is 0 Å². The minimum atomic E-state index is -1.95. The van der Waals surface area contributed by atoms with Crippen LogP contribution in [0.5, 0.6) is 0 Å². The molecule has 1 heterocycles.